The van der Waals surface area contributed by atoms with Crippen LogP contribution in [0.5, 0.6) is 0 Å². The molecule has 0 heterocycles. The normalized spacial score (nSPS) is 19.9. The minimum Gasteiger partial charge on any atom is -0.458 e. The van der Waals surface area contributed by atoms with Crippen LogP contribution >= 0.6 is 0 Å². The number of benzene rings is 1. The molecule has 1 saturated carbocycles. The maximum absolute atomic E-state index is 12.2. The van der Waals surface area contributed by atoms with Crippen LogP contribution in [-0.2, 0) is 20.8 Å². The van der Waals surface area contributed by atoms with E-state index in [1.54, 1.807) is 0 Å². The van der Waals surface area contributed by atoms with Crippen LogP contribution in [-0.4, -0.2) is 35.0 Å². The molecule has 0 aliphatic heterocycles. The summed E-state index contributed by atoms with van der Waals surface area (Å²) in [5, 5.41) is 19.3. The first-order valence-electron chi connectivity index (χ1n) is 10.4. The average molecular weight is 405 g/mol. The zero-order valence-corrected chi connectivity index (χ0v) is 16.8. The Balaban J connectivity index is 1.79. The van der Waals surface area contributed by atoms with E-state index in [1.807, 2.05) is 30.4 Å². The van der Waals surface area contributed by atoms with E-state index in [4.69, 9.17) is 4.74 Å². The van der Waals surface area contributed by atoms with Crippen molar-refractivity contribution < 1.29 is 24.6 Å². The predicted molar refractivity (Wildman–Crippen MR) is 109 cm³/mol. The first-order chi connectivity index (χ1) is 14.0. The van der Waals surface area contributed by atoms with Crippen LogP contribution in [0.15, 0.2) is 42.5 Å². The number of carbonyl (C=O) groups is 1. The number of rotatable bonds is 13. The molecular formula is C22H31NO6. The van der Waals surface area contributed by atoms with Crippen molar-refractivity contribution in [1.29, 1.82) is 0 Å². The van der Waals surface area contributed by atoms with Crippen LogP contribution in [0.3, 0.4) is 0 Å². The topological polar surface area (TPSA) is 98.9 Å². The first kappa shape index (κ1) is 22.9. The van der Waals surface area contributed by atoms with Crippen LogP contribution in [0.1, 0.15) is 56.9 Å². The molecule has 0 amide bonds. The summed E-state index contributed by atoms with van der Waals surface area (Å²) in [4.78, 5) is 26.6. The van der Waals surface area contributed by atoms with Gasteiger partial charge in [0, 0.05) is 12.3 Å². The Morgan fingerprint density at radius 1 is 1.24 bits per heavy atom. The molecule has 3 atom stereocenters. The van der Waals surface area contributed by atoms with Crippen LogP contribution in [0.2, 0.25) is 0 Å². The van der Waals surface area contributed by atoms with E-state index in [0.29, 0.717) is 25.7 Å². The number of aliphatic hydroxyl groups excluding tert-OH is 1. The Kier molecular flexibility index (Phi) is 10.2. The number of esters is 1. The lowest BCUT2D eigenvalue weighted by molar-refractivity contribution is -0.757. The van der Waals surface area contributed by atoms with Crippen LogP contribution in [0.25, 0.3) is 0 Å². The van der Waals surface area contributed by atoms with Gasteiger partial charge in [-0.25, -0.2) is 0 Å². The number of nitrogens with zero attached hydrogens (tertiary/aromatic N) is 1. The number of hydrogen-bond donors (Lipinski definition) is 1. The lowest BCUT2D eigenvalue weighted by Crippen LogP contribution is -2.18. The molecule has 7 nitrogen and oxygen atoms in total. The van der Waals surface area contributed by atoms with Crippen molar-refractivity contribution in [3.8, 4) is 0 Å². The zero-order valence-electron chi connectivity index (χ0n) is 16.8. The molecule has 1 N–H and O–H groups in total. The summed E-state index contributed by atoms with van der Waals surface area (Å²) in [6.07, 6.45) is 9.66. The largest absolute Gasteiger partial charge is 0.458 e. The van der Waals surface area contributed by atoms with Crippen molar-refractivity contribution >= 4 is 5.97 Å². The molecule has 0 spiro atoms. The SMILES string of the molecule is O=C(CCCCCO[N+](=O)[O-])OC(/C=C/C1CCCC1O)CCc1ccccc1. The molecule has 1 aromatic rings. The molecule has 1 aliphatic carbocycles. The Hall–Kier alpha value is -2.41. The fourth-order valence-electron chi connectivity index (χ4n) is 3.52. The molecule has 1 aliphatic rings. The maximum atomic E-state index is 12.2. The molecule has 29 heavy (non-hydrogen) atoms. The summed E-state index contributed by atoms with van der Waals surface area (Å²) in [6.45, 7) is 0.0498. The van der Waals surface area contributed by atoms with Gasteiger partial charge in [0.05, 0.1) is 12.7 Å². The Bertz CT molecular complexity index is 648. The number of carbonyl (C=O) groups excluding carboxylic acids is 1. The third kappa shape index (κ3) is 9.56. The predicted octanol–water partition coefficient (Wildman–Crippen LogP) is 4.02. The number of unbranched alkanes of at least 4 members (excludes halogenated alkanes) is 2. The van der Waals surface area contributed by atoms with Crippen molar-refractivity contribution in [3.05, 3.63) is 58.2 Å². The van der Waals surface area contributed by atoms with E-state index in [-0.39, 0.29) is 37.1 Å². The second-order valence-electron chi connectivity index (χ2n) is 7.47. The molecule has 0 radical (unpaired) electrons. The van der Waals surface area contributed by atoms with Gasteiger partial charge in [-0.05, 0) is 50.2 Å². The Morgan fingerprint density at radius 2 is 2.03 bits per heavy atom. The molecule has 0 bridgehead atoms. The van der Waals surface area contributed by atoms with Gasteiger partial charge >= 0.3 is 5.97 Å². The number of aryl methyl sites for hydroxylation is 1. The van der Waals surface area contributed by atoms with Crippen molar-refractivity contribution in [3.63, 3.8) is 0 Å². The molecule has 7 heteroatoms. The molecular weight excluding hydrogens is 374 g/mol. The smallest absolute Gasteiger partial charge is 0.306 e. The van der Waals surface area contributed by atoms with Crippen molar-refractivity contribution in [2.45, 2.75) is 70.0 Å². The van der Waals surface area contributed by atoms with Gasteiger partial charge in [-0.3, -0.25) is 4.79 Å². The lowest BCUT2D eigenvalue weighted by Gasteiger charge is -2.16. The second-order valence-corrected chi connectivity index (χ2v) is 7.47. The minimum absolute atomic E-state index is 0.0498. The fraction of sp³-hybridized carbons (Fsp3) is 0.591. The standard InChI is InChI=1S/C22H31NO6/c24-21-11-7-10-19(21)14-16-20(15-13-18-8-3-1-4-9-18)29-22(25)12-5-2-6-17-28-23(26)27/h1,3-4,8-9,14,16,19-21,24H,2,5-7,10-13,15,17H2/b16-14+. The van der Waals surface area contributed by atoms with Crippen LogP contribution in [0.4, 0.5) is 0 Å². The minimum atomic E-state index is -0.806. The molecule has 1 fully saturated rings. The molecule has 0 saturated heterocycles. The van der Waals surface area contributed by atoms with Crippen molar-refractivity contribution in [2.24, 2.45) is 5.92 Å². The molecule has 0 aromatic heterocycles. The van der Waals surface area contributed by atoms with Gasteiger partial charge in [-0.15, -0.1) is 10.1 Å². The van der Waals surface area contributed by atoms with E-state index in [2.05, 4.69) is 17.0 Å². The van der Waals surface area contributed by atoms with Crippen LogP contribution < -0.4 is 0 Å². The Morgan fingerprint density at radius 3 is 2.72 bits per heavy atom. The molecule has 1 aromatic carbocycles. The average Bonchev–Trinajstić information content (AvgIpc) is 3.12. The second kappa shape index (κ2) is 12.9. The van der Waals surface area contributed by atoms with Gasteiger partial charge in [0.15, 0.2) is 0 Å². The summed E-state index contributed by atoms with van der Waals surface area (Å²) in [6, 6.07) is 10.1. The summed E-state index contributed by atoms with van der Waals surface area (Å²) < 4.78 is 5.67. The van der Waals surface area contributed by atoms with E-state index >= 15 is 0 Å². The third-order valence-electron chi connectivity index (χ3n) is 5.17. The zero-order chi connectivity index (χ0) is 20.9. The van der Waals surface area contributed by atoms with E-state index < -0.39 is 5.09 Å². The van der Waals surface area contributed by atoms with Gasteiger partial charge in [0.1, 0.15) is 6.10 Å². The number of ether oxygens (including phenoxy) is 1. The highest BCUT2D eigenvalue weighted by Gasteiger charge is 2.23. The highest BCUT2D eigenvalue weighted by Crippen LogP contribution is 2.27. The summed E-state index contributed by atoms with van der Waals surface area (Å²) >= 11 is 0. The molecule has 160 valence electrons. The fourth-order valence-corrected chi connectivity index (χ4v) is 3.52. The highest BCUT2D eigenvalue weighted by atomic mass is 16.9. The monoisotopic (exact) mass is 405 g/mol. The summed E-state index contributed by atoms with van der Waals surface area (Å²) in [5.41, 5.74) is 1.19. The highest BCUT2D eigenvalue weighted by molar-refractivity contribution is 5.69. The lowest BCUT2D eigenvalue weighted by atomic mass is 10.0. The van der Waals surface area contributed by atoms with E-state index in [1.165, 1.54) is 5.56 Å². The van der Waals surface area contributed by atoms with Gasteiger partial charge in [-0.1, -0.05) is 49.2 Å². The Labute approximate surface area is 171 Å². The van der Waals surface area contributed by atoms with Crippen molar-refractivity contribution in [1.82, 2.24) is 0 Å². The molecule has 2 rings (SSSR count). The summed E-state index contributed by atoms with van der Waals surface area (Å²) in [7, 11) is 0. The number of hydrogen-bond acceptors (Lipinski definition) is 6. The van der Waals surface area contributed by atoms with E-state index in [0.717, 1.165) is 25.7 Å². The van der Waals surface area contributed by atoms with Gasteiger partial charge < -0.3 is 14.7 Å². The van der Waals surface area contributed by atoms with Gasteiger partial charge in [0.25, 0.3) is 5.09 Å². The molecule has 3 unspecified atom stereocenters. The van der Waals surface area contributed by atoms with Gasteiger partial charge in [0.2, 0.25) is 0 Å². The van der Waals surface area contributed by atoms with Crippen molar-refractivity contribution in [2.75, 3.05) is 6.61 Å². The maximum Gasteiger partial charge on any atom is 0.306 e. The quantitative estimate of drug-likeness (QED) is 0.175. The first-order valence-corrected chi connectivity index (χ1v) is 10.4. The van der Waals surface area contributed by atoms with E-state index in [9.17, 15) is 20.0 Å². The van der Waals surface area contributed by atoms with Gasteiger partial charge in [-0.2, -0.15) is 0 Å². The number of aliphatic hydroxyl groups is 1. The van der Waals surface area contributed by atoms with Crippen LogP contribution in [0, 0.1) is 16.0 Å². The summed E-state index contributed by atoms with van der Waals surface area (Å²) in [5.74, 6) is -0.135. The third-order valence-corrected chi connectivity index (χ3v) is 5.17.